The van der Waals surface area contributed by atoms with Crippen molar-refractivity contribution >= 4 is 11.9 Å². The number of hydrogen-bond donors (Lipinski definition) is 3. The Bertz CT molecular complexity index is 266. The molecule has 1 aliphatic carbocycles. The van der Waals surface area contributed by atoms with Gasteiger partial charge in [0.2, 0.25) is 5.91 Å². The van der Waals surface area contributed by atoms with Crippen LogP contribution in [0.2, 0.25) is 0 Å². The number of amides is 1. The molecule has 0 aromatic heterocycles. The molecule has 0 saturated heterocycles. The zero-order valence-corrected chi connectivity index (χ0v) is 9.31. The lowest BCUT2D eigenvalue weighted by Gasteiger charge is -2.12. The summed E-state index contributed by atoms with van der Waals surface area (Å²) in [5.41, 5.74) is 5.76. The molecule has 4 N–H and O–H groups in total. The van der Waals surface area contributed by atoms with Crippen molar-refractivity contribution in [3.63, 3.8) is 0 Å². The summed E-state index contributed by atoms with van der Waals surface area (Å²) in [7, 11) is 1.18. The lowest BCUT2D eigenvalue weighted by atomic mass is 10.1. The van der Waals surface area contributed by atoms with Gasteiger partial charge in [-0.05, 0) is 18.8 Å². The number of carbonyl (C=O) groups is 2. The Morgan fingerprint density at radius 1 is 1.56 bits per heavy atom. The number of methoxy groups -OCH3 is 1. The number of esters is 1. The molecule has 6 heteroatoms. The summed E-state index contributed by atoms with van der Waals surface area (Å²) in [6, 6.07) is -0.115. The highest BCUT2D eigenvalue weighted by Crippen LogP contribution is 2.32. The van der Waals surface area contributed by atoms with E-state index in [1.165, 1.54) is 7.11 Å². The van der Waals surface area contributed by atoms with E-state index in [9.17, 15) is 14.7 Å². The van der Waals surface area contributed by atoms with Crippen LogP contribution >= 0.6 is 0 Å². The van der Waals surface area contributed by atoms with E-state index >= 15 is 0 Å². The van der Waals surface area contributed by atoms with Crippen LogP contribution < -0.4 is 11.1 Å². The fourth-order valence-corrected chi connectivity index (χ4v) is 1.41. The Kier molecular flexibility index (Phi) is 4.70. The second-order valence-electron chi connectivity index (χ2n) is 4.05. The monoisotopic (exact) mass is 230 g/mol. The van der Waals surface area contributed by atoms with E-state index in [0.29, 0.717) is 5.92 Å². The van der Waals surface area contributed by atoms with Crippen molar-refractivity contribution in [1.29, 1.82) is 0 Å². The molecule has 2 unspecified atom stereocenters. The van der Waals surface area contributed by atoms with Gasteiger partial charge in [-0.3, -0.25) is 4.79 Å². The first-order valence-electron chi connectivity index (χ1n) is 5.32. The van der Waals surface area contributed by atoms with Crippen LogP contribution in [0.25, 0.3) is 0 Å². The van der Waals surface area contributed by atoms with Gasteiger partial charge in [0, 0.05) is 12.5 Å². The van der Waals surface area contributed by atoms with E-state index in [1.54, 1.807) is 0 Å². The number of nitrogens with one attached hydrogen (secondary N) is 1. The highest BCUT2D eigenvalue weighted by molar-refractivity contribution is 5.79. The van der Waals surface area contributed by atoms with Gasteiger partial charge in [0.05, 0.1) is 13.7 Å². The number of ether oxygens (including phenoxy) is 1. The SMILES string of the molecule is COC(=O)C(O)CNC(=O)CC(N)C1CC1. The number of hydrogen-bond acceptors (Lipinski definition) is 5. The number of aliphatic hydroxyl groups is 1. The third-order valence-electron chi connectivity index (χ3n) is 2.61. The topological polar surface area (TPSA) is 102 Å². The molecule has 6 nitrogen and oxygen atoms in total. The van der Waals surface area contributed by atoms with Gasteiger partial charge < -0.3 is 20.9 Å². The molecule has 1 saturated carbocycles. The minimum absolute atomic E-state index is 0.115. The molecule has 0 bridgehead atoms. The maximum absolute atomic E-state index is 11.3. The molecule has 1 amide bonds. The lowest BCUT2D eigenvalue weighted by molar-refractivity contribution is -0.150. The van der Waals surface area contributed by atoms with Gasteiger partial charge in [-0.2, -0.15) is 0 Å². The molecule has 2 atom stereocenters. The van der Waals surface area contributed by atoms with E-state index in [-0.39, 0.29) is 24.9 Å². The summed E-state index contributed by atoms with van der Waals surface area (Å²) in [6.07, 6.45) is 1.09. The highest BCUT2D eigenvalue weighted by Gasteiger charge is 2.29. The van der Waals surface area contributed by atoms with Crippen molar-refractivity contribution in [2.24, 2.45) is 11.7 Å². The van der Waals surface area contributed by atoms with Crippen molar-refractivity contribution in [2.45, 2.75) is 31.4 Å². The molecule has 0 aliphatic heterocycles. The van der Waals surface area contributed by atoms with E-state index in [2.05, 4.69) is 10.1 Å². The first-order valence-corrected chi connectivity index (χ1v) is 5.32. The fourth-order valence-electron chi connectivity index (χ4n) is 1.41. The van der Waals surface area contributed by atoms with Crippen LogP contribution in [-0.2, 0) is 14.3 Å². The molecule has 0 heterocycles. The molecule has 0 aromatic carbocycles. The molecular formula is C10H18N2O4. The van der Waals surface area contributed by atoms with Gasteiger partial charge in [0.1, 0.15) is 0 Å². The van der Waals surface area contributed by atoms with Crippen LogP contribution in [0, 0.1) is 5.92 Å². The van der Waals surface area contributed by atoms with E-state index in [1.807, 2.05) is 0 Å². The van der Waals surface area contributed by atoms with E-state index in [0.717, 1.165) is 12.8 Å². The molecule has 92 valence electrons. The second kappa shape index (κ2) is 5.81. The standard InChI is InChI=1S/C10H18N2O4/c1-16-10(15)8(13)5-12-9(14)4-7(11)6-2-3-6/h6-8,13H,2-5,11H2,1H3,(H,12,14). The molecular weight excluding hydrogens is 212 g/mol. The first-order chi connectivity index (χ1) is 7.54. The summed E-state index contributed by atoms with van der Waals surface area (Å²) in [5.74, 6) is -0.551. The molecule has 16 heavy (non-hydrogen) atoms. The summed E-state index contributed by atoms with van der Waals surface area (Å²) in [5, 5.41) is 11.6. The van der Waals surface area contributed by atoms with Crippen molar-refractivity contribution in [3.8, 4) is 0 Å². The van der Waals surface area contributed by atoms with Gasteiger partial charge in [0.25, 0.3) is 0 Å². The molecule has 0 spiro atoms. The Balaban J connectivity index is 2.16. The van der Waals surface area contributed by atoms with Gasteiger partial charge in [-0.1, -0.05) is 0 Å². The van der Waals surface area contributed by atoms with Crippen LogP contribution in [0.1, 0.15) is 19.3 Å². The summed E-state index contributed by atoms with van der Waals surface area (Å²) < 4.78 is 4.31. The summed E-state index contributed by atoms with van der Waals surface area (Å²) in [6.45, 7) is -0.136. The van der Waals surface area contributed by atoms with Crippen molar-refractivity contribution in [2.75, 3.05) is 13.7 Å². The van der Waals surface area contributed by atoms with Gasteiger partial charge in [-0.25, -0.2) is 4.79 Å². The number of aliphatic hydroxyl groups excluding tert-OH is 1. The predicted octanol–water partition coefficient (Wildman–Crippen LogP) is -1.24. The van der Waals surface area contributed by atoms with Crippen LogP contribution in [0.5, 0.6) is 0 Å². The normalized spacial score (nSPS) is 18.7. The molecule has 1 fully saturated rings. The Labute approximate surface area is 94.1 Å². The minimum Gasteiger partial charge on any atom is -0.467 e. The van der Waals surface area contributed by atoms with Crippen LogP contribution in [0.4, 0.5) is 0 Å². The molecule has 0 aromatic rings. The zero-order valence-electron chi connectivity index (χ0n) is 9.31. The third-order valence-corrected chi connectivity index (χ3v) is 2.61. The van der Waals surface area contributed by atoms with Crippen LogP contribution in [0.15, 0.2) is 0 Å². The number of carbonyl (C=O) groups excluding carboxylic acids is 2. The number of nitrogens with two attached hydrogens (primary N) is 1. The quantitative estimate of drug-likeness (QED) is 0.496. The maximum atomic E-state index is 11.3. The Morgan fingerprint density at radius 3 is 2.69 bits per heavy atom. The van der Waals surface area contributed by atoms with Gasteiger partial charge in [0.15, 0.2) is 6.10 Å². The molecule has 0 radical (unpaired) electrons. The van der Waals surface area contributed by atoms with Crippen molar-refractivity contribution < 1.29 is 19.4 Å². The average Bonchev–Trinajstić information content (AvgIpc) is 3.08. The zero-order chi connectivity index (χ0) is 12.1. The largest absolute Gasteiger partial charge is 0.467 e. The highest BCUT2D eigenvalue weighted by atomic mass is 16.5. The van der Waals surface area contributed by atoms with Crippen molar-refractivity contribution in [3.05, 3.63) is 0 Å². The fraction of sp³-hybridized carbons (Fsp3) is 0.800. The second-order valence-corrected chi connectivity index (χ2v) is 4.05. The first kappa shape index (κ1) is 12.9. The average molecular weight is 230 g/mol. The lowest BCUT2D eigenvalue weighted by Crippen LogP contribution is -2.39. The van der Waals surface area contributed by atoms with E-state index in [4.69, 9.17) is 5.73 Å². The van der Waals surface area contributed by atoms with E-state index < -0.39 is 12.1 Å². The predicted molar refractivity (Wildman–Crippen MR) is 56.3 cm³/mol. The maximum Gasteiger partial charge on any atom is 0.336 e. The Hall–Kier alpha value is -1.14. The smallest absolute Gasteiger partial charge is 0.336 e. The summed E-state index contributed by atoms with van der Waals surface area (Å²) in [4.78, 5) is 22.2. The minimum atomic E-state index is -1.31. The van der Waals surface area contributed by atoms with Crippen LogP contribution in [-0.4, -0.2) is 42.8 Å². The molecule has 1 rings (SSSR count). The Morgan fingerprint density at radius 2 is 2.19 bits per heavy atom. The van der Waals surface area contributed by atoms with Gasteiger partial charge >= 0.3 is 5.97 Å². The number of rotatable bonds is 6. The summed E-state index contributed by atoms with van der Waals surface area (Å²) >= 11 is 0. The van der Waals surface area contributed by atoms with Crippen molar-refractivity contribution in [1.82, 2.24) is 5.32 Å². The third kappa shape index (κ3) is 4.16. The van der Waals surface area contributed by atoms with Gasteiger partial charge in [-0.15, -0.1) is 0 Å². The van der Waals surface area contributed by atoms with Crippen LogP contribution in [0.3, 0.4) is 0 Å². The molecule has 1 aliphatic rings.